The molecule has 1 saturated heterocycles. The summed E-state index contributed by atoms with van der Waals surface area (Å²) in [6.07, 6.45) is 1.52. The number of hydrogen-bond donors (Lipinski definition) is 1. The fourth-order valence-electron chi connectivity index (χ4n) is 2.83. The third-order valence-corrected chi connectivity index (χ3v) is 7.17. The van der Waals surface area contributed by atoms with Crippen LogP contribution in [0.1, 0.15) is 22.5 Å². The number of rotatable bonds is 3. The predicted octanol–water partition coefficient (Wildman–Crippen LogP) is 2.22. The van der Waals surface area contributed by atoms with E-state index in [2.05, 4.69) is 0 Å². The van der Waals surface area contributed by atoms with Crippen LogP contribution in [0.2, 0.25) is 0 Å². The van der Waals surface area contributed by atoms with Crippen molar-refractivity contribution in [2.75, 3.05) is 20.2 Å². The third kappa shape index (κ3) is 3.29. The minimum absolute atomic E-state index is 0. The molecule has 6 nitrogen and oxygen atoms in total. The van der Waals surface area contributed by atoms with Crippen LogP contribution in [0.15, 0.2) is 29.2 Å². The van der Waals surface area contributed by atoms with Crippen molar-refractivity contribution in [3.8, 4) is 0 Å². The number of methoxy groups -OCH3 is 1. The van der Waals surface area contributed by atoms with Crippen molar-refractivity contribution in [1.82, 2.24) is 4.31 Å². The summed E-state index contributed by atoms with van der Waals surface area (Å²) >= 11 is 1.14. The molecule has 0 aliphatic carbocycles. The van der Waals surface area contributed by atoms with Crippen molar-refractivity contribution < 1.29 is 17.9 Å². The van der Waals surface area contributed by atoms with Gasteiger partial charge in [-0.25, -0.2) is 13.2 Å². The van der Waals surface area contributed by atoms with Gasteiger partial charge in [0.15, 0.2) is 0 Å². The van der Waals surface area contributed by atoms with E-state index in [1.165, 1.54) is 11.4 Å². The fourth-order valence-corrected chi connectivity index (χ4v) is 6.14. The minimum atomic E-state index is -3.80. The molecule has 1 aromatic carbocycles. The molecule has 0 bridgehead atoms. The largest absolute Gasteiger partial charge is 0.465 e. The van der Waals surface area contributed by atoms with E-state index >= 15 is 0 Å². The van der Waals surface area contributed by atoms with Crippen LogP contribution in [0.4, 0.5) is 0 Å². The highest BCUT2D eigenvalue weighted by Crippen LogP contribution is 2.37. The molecule has 2 heterocycles. The molecule has 0 radical (unpaired) electrons. The third-order valence-electron chi connectivity index (χ3n) is 3.94. The monoisotopic (exact) mass is 390 g/mol. The van der Waals surface area contributed by atoms with Crippen LogP contribution >= 0.6 is 23.7 Å². The van der Waals surface area contributed by atoms with Crippen LogP contribution in [-0.4, -0.2) is 44.9 Å². The van der Waals surface area contributed by atoms with Crippen molar-refractivity contribution in [2.45, 2.75) is 23.8 Å². The van der Waals surface area contributed by atoms with Crippen molar-refractivity contribution in [3.05, 3.63) is 29.1 Å². The molecule has 9 heteroatoms. The van der Waals surface area contributed by atoms with Gasteiger partial charge in [-0.05, 0) is 18.9 Å². The van der Waals surface area contributed by atoms with E-state index in [1.54, 1.807) is 18.2 Å². The molecule has 1 unspecified atom stereocenters. The van der Waals surface area contributed by atoms with Gasteiger partial charge in [-0.1, -0.05) is 18.2 Å². The Hall–Kier alpha value is -1.19. The first-order valence-electron chi connectivity index (χ1n) is 7.30. The molecule has 2 aromatic rings. The average molecular weight is 391 g/mol. The maximum Gasteiger partial charge on any atom is 0.349 e. The molecule has 1 aliphatic rings. The fraction of sp³-hybridized carbons (Fsp3) is 0.400. The number of nitrogens with zero attached hydrogens (tertiary/aromatic N) is 1. The van der Waals surface area contributed by atoms with E-state index in [9.17, 15) is 13.2 Å². The molecule has 132 valence electrons. The second kappa shape index (κ2) is 7.37. The van der Waals surface area contributed by atoms with Gasteiger partial charge >= 0.3 is 5.97 Å². The van der Waals surface area contributed by atoms with Gasteiger partial charge in [0.2, 0.25) is 10.0 Å². The van der Waals surface area contributed by atoms with Gasteiger partial charge in [-0.15, -0.1) is 23.7 Å². The van der Waals surface area contributed by atoms with Gasteiger partial charge in [0.05, 0.1) is 7.11 Å². The molecular weight excluding hydrogens is 372 g/mol. The SMILES string of the molecule is COC(=O)c1sc2ccccc2c1S(=O)(=O)N1CCCC(N)C1.Cl. The topological polar surface area (TPSA) is 89.7 Å². The van der Waals surface area contributed by atoms with Crippen LogP contribution in [0, 0.1) is 0 Å². The highest BCUT2D eigenvalue weighted by Gasteiger charge is 2.35. The van der Waals surface area contributed by atoms with Gasteiger partial charge in [0, 0.05) is 29.2 Å². The molecule has 24 heavy (non-hydrogen) atoms. The summed E-state index contributed by atoms with van der Waals surface area (Å²) in [6, 6.07) is 6.91. The van der Waals surface area contributed by atoms with Gasteiger partial charge in [-0.3, -0.25) is 0 Å². The van der Waals surface area contributed by atoms with Crippen LogP contribution in [0.3, 0.4) is 0 Å². The Bertz CT molecular complexity index is 850. The first kappa shape index (κ1) is 19.1. The lowest BCUT2D eigenvalue weighted by Gasteiger charge is -2.29. The first-order chi connectivity index (χ1) is 10.9. The number of fused-ring (bicyclic) bond motifs is 1. The Kier molecular flexibility index (Phi) is 5.87. The van der Waals surface area contributed by atoms with Gasteiger partial charge in [0.25, 0.3) is 0 Å². The lowest BCUT2D eigenvalue weighted by molar-refractivity contribution is 0.0602. The van der Waals surface area contributed by atoms with Crippen LogP contribution in [-0.2, 0) is 14.8 Å². The molecule has 1 aromatic heterocycles. The highest BCUT2D eigenvalue weighted by atomic mass is 35.5. The maximum atomic E-state index is 13.1. The molecule has 0 saturated carbocycles. The normalized spacial score (nSPS) is 19.0. The van der Waals surface area contributed by atoms with E-state index in [4.69, 9.17) is 10.5 Å². The van der Waals surface area contributed by atoms with Crippen LogP contribution < -0.4 is 5.73 Å². The maximum absolute atomic E-state index is 13.1. The Morgan fingerprint density at radius 2 is 2.08 bits per heavy atom. The summed E-state index contributed by atoms with van der Waals surface area (Å²) in [5.74, 6) is -0.633. The quantitative estimate of drug-likeness (QED) is 0.811. The number of esters is 1. The summed E-state index contributed by atoms with van der Waals surface area (Å²) in [7, 11) is -2.55. The Labute approximate surface area is 151 Å². The number of nitrogens with two attached hydrogens (primary N) is 1. The van der Waals surface area contributed by atoms with Crippen molar-refractivity contribution in [3.63, 3.8) is 0 Å². The number of benzene rings is 1. The zero-order valence-corrected chi connectivity index (χ0v) is 15.5. The van der Waals surface area contributed by atoms with Gasteiger partial charge in [0.1, 0.15) is 9.77 Å². The van der Waals surface area contributed by atoms with Gasteiger partial charge in [-0.2, -0.15) is 4.31 Å². The van der Waals surface area contributed by atoms with Gasteiger partial charge < -0.3 is 10.5 Å². The minimum Gasteiger partial charge on any atom is -0.465 e. The Morgan fingerprint density at radius 3 is 2.75 bits per heavy atom. The Morgan fingerprint density at radius 1 is 1.38 bits per heavy atom. The lowest BCUT2D eigenvalue weighted by Crippen LogP contribution is -2.45. The zero-order chi connectivity index (χ0) is 16.6. The van der Waals surface area contributed by atoms with Crippen LogP contribution in [0.5, 0.6) is 0 Å². The highest BCUT2D eigenvalue weighted by molar-refractivity contribution is 7.89. The molecule has 3 rings (SSSR count). The number of carbonyl (C=O) groups excluding carboxylic acids is 1. The average Bonchev–Trinajstić information content (AvgIpc) is 2.94. The first-order valence-corrected chi connectivity index (χ1v) is 9.56. The molecule has 1 aliphatic heterocycles. The van der Waals surface area contributed by atoms with Crippen molar-refractivity contribution in [2.24, 2.45) is 5.73 Å². The zero-order valence-electron chi connectivity index (χ0n) is 13.1. The number of sulfonamides is 1. The lowest BCUT2D eigenvalue weighted by atomic mass is 10.1. The summed E-state index contributed by atoms with van der Waals surface area (Å²) in [5.41, 5.74) is 5.92. The standard InChI is InChI=1S/C15H18N2O4S2.ClH/c1-21-15(18)13-14(11-6-2-3-7-12(11)22-13)23(19,20)17-8-4-5-10(16)9-17;/h2-3,6-7,10H,4-5,8-9,16H2,1H3;1H. The van der Waals surface area contributed by atoms with E-state index in [-0.39, 0.29) is 34.8 Å². The Balaban J connectivity index is 0.00000208. The van der Waals surface area contributed by atoms with Crippen molar-refractivity contribution >= 4 is 49.8 Å². The number of ether oxygens (including phenoxy) is 1. The second-order valence-electron chi connectivity index (χ2n) is 5.51. The van der Waals surface area contributed by atoms with E-state index in [1.807, 2.05) is 6.07 Å². The smallest absolute Gasteiger partial charge is 0.349 e. The van der Waals surface area contributed by atoms with E-state index in [0.29, 0.717) is 11.9 Å². The second-order valence-corrected chi connectivity index (χ2v) is 8.44. The van der Waals surface area contributed by atoms with Crippen molar-refractivity contribution in [1.29, 1.82) is 0 Å². The summed E-state index contributed by atoms with van der Waals surface area (Å²) in [6.45, 7) is 0.688. The molecular formula is C15H19ClN2O4S2. The number of piperidine rings is 1. The molecule has 1 fully saturated rings. The molecule has 1 atom stereocenters. The molecule has 2 N–H and O–H groups in total. The van der Waals surface area contributed by atoms with Crippen LogP contribution in [0.25, 0.3) is 10.1 Å². The molecule has 0 amide bonds. The molecule has 0 spiro atoms. The van der Waals surface area contributed by atoms with E-state index < -0.39 is 16.0 Å². The number of halogens is 1. The summed E-state index contributed by atoms with van der Waals surface area (Å²) in [4.78, 5) is 12.2. The van der Waals surface area contributed by atoms with E-state index in [0.717, 1.165) is 28.9 Å². The summed E-state index contributed by atoms with van der Waals surface area (Å²) < 4.78 is 33.1. The number of thiophene rings is 1. The predicted molar refractivity (Wildman–Crippen MR) is 96.4 cm³/mol. The summed E-state index contributed by atoms with van der Waals surface area (Å²) in [5, 5.41) is 0.553. The number of carbonyl (C=O) groups is 1. The number of hydrogen-bond acceptors (Lipinski definition) is 6.